The molecule has 0 N–H and O–H groups in total. The number of aromatic nitrogens is 3. The third-order valence-electron chi connectivity index (χ3n) is 4.26. The molecule has 0 unspecified atom stereocenters. The first-order valence-electron chi connectivity index (χ1n) is 8.64. The standard InChI is InChI=1S/C20H17ClN4O2S/c1-27-15-6-2-5-14(13-15)19(26)25(12-11-24-10-4-9-22-24)20-23-18-16(21)7-3-8-17(18)28-20/h2-10,13H,11-12H2,1H3. The minimum Gasteiger partial charge on any atom is -0.497 e. The number of carbonyl (C=O) groups excluding carboxylic acids is 1. The van der Waals surface area contributed by atoms with Crippen LogP contribution in [0.3, 0.4) is 0 Å². The minimum absolute atomic E-state index is 0.152. The number of hydrogen-bond donors (Lipinski definition) is 0. The fourth-order valence-corrected chi connectivity index (χ4v) is 4.14. The number of halogens is 1. The van der Waals surface area contributed by atoms with E-state index in [1.807, 2.05) is 30.5 Å². The average molecular weight is 413 g/mol. The van der Waals surface area contributed by atoms with E-state index in [0.717, 1.165) is 4.70 Å². The number of benzene rings is 2. The van der Waals surface area contributed by atoms with E-state index >= 15 is 0 Å². The highest BCUT2D eigenvalue weighted by Gasteiger charge is 2.22. The zero-order valence-electron chi connectivity index (χ0n) is 15.1. The van der Waals surface area contributed by atoms with Gasteiger partial charge in [-0.1, -0.05) is 35.1 Å². The predicted octanol–water partition coefficient (Wildman–Crippen LogP) is 4.50. The molecule has 0 aliphatic rings. The van der Waals surface area contributed by atoms with Gasteiger partial charge in [0, 0.05) is 24.5 Å². The van der Waals surface area contributed by atoms with Crippen molar-refractivity contribution in [3.63, 3.8) is 0 Å². The number of thiazole rings is 1. The van der Waals surface area contributed by atoms with Crippen LogP contribution in [-0.4, -0.2) is 34.3 Å². The highest BCUT2D eigenvalue weighted by atomic mass is 35.5. The first kappa shape index (κ1) is 18.5. The summed E-state index contributed by atoms with van der Waals surface area (Å²) >= 11 is 7.72. The Morgan fingerprint density at radius 1 is 1.25 bits per heavy atom. The van der Waals surface area contributed by atoms with Gasteiger partial charge in [-0.25, -0.2) is 4.98 Å². The molecule has 2 aromatic heterocycles. The smallest absolute Gasteiger partial charge is 0.260 e. The molecule has 0 bridgehead atoms. The summed E-state index contributed by atoms with van der Waals surface area (Å²) in [5.74, 6) is 0.478. The second kappa shape index (κ2) is 8.00. The van der Waals surface area contributed by atoms with Gasteiger partial charge < -0.3 is 4.74 Å². The van der Waals surface area contributed by atoms with Crippen molar-refractivity contribution in [2.45, 2.75) is 6.54 Å². The number of hydrogen-bond acceptors (Lipinski definition) is 5. The van der Waals surface area contributed by atoms with E-state index in [0.29, 0.717) is 40.1 Å². The molecule has 0 aliphatic heterocycles. The summed E-state index contributed by atoms with van der Waals surface area (Å²) in [6.07, 6.45) is 3.58. The zero-order chi connectivity index (χ0) is 19.5. The van der Waals surface area contributed by atoms with Gasteiger partial charge in [-0.15, -0.1) is 0 Å². The summed E-state index contributed by atoms with van der Waals surface area (Å²) in [5.41, 5.74) is 1.23. The topological polar surface area (TPSA) is 60.2 Å². The zero-order valence-corrected chi connectivity index (χ0v) is 16.7. The van der Waals surface area contributed by atoms with Crippen molar-refractivity contribution < 1.29 is 9.53 Å². The fraction of sp³-hybridized carbons (Fsp3) is 0.150. The minimum atomic E-state index is -0.152. The monoisotopic (exact) mass is 412 g/mol. The maximum absolute atomic E-state index is 13.3. The molecule has 0 spiro atoms. The van der Waals surface area contributed by atoms with Crippen molar-refractivity contribution in [1.29, 1.82) is 0 Å². The summed E-state index contributed by atoms with van der Waals surface area (Å²) in [5, 5.41) is 5.39. The number of carbonyl (C=O) groups is 1. The second-order valence-electron chi connectivity index (χ2n) is 6.04. The quantitative estimate of drug-likeness (QED) is 0.467. The highest BCUT2D eigenvalue weighted by Crippen LogP contribution is 2.33. The first-order valence-corrected chi connectivity index (χ1v) is 9.83. The van der Waals surface area contributed by atoms with Crippen molar-refractivity contribution in [2.24, 2.45) is 0 Å². The SMILES string of the molecule is COc1cccc(C(=O)N(CCn2cccn2)c2nc3c(Cl)cccc3s2)c1. The van der Waals surface area contributed by atoms with E-state index < -0.39 is 0 Å². The number of nitrogens with zero attached hydrogens (tertiary/aromatic N) is 4. The molecule has 0 saturated heterocycles. The van der Waals surface area contributed by atoms with Crippen molar-refractivity contribution in [3.05, 3.63) is 71.5 Å². The van der Waals surface area contributed by atoms with Crippen molar-refractivity contribution in [1.82, 2.24) is 14.8 Å². The Hall–Kier alpha value is -2.90. The van der Waals surface area contributed by atoms with Gasteiger partial charge in [-0.2, -0.15) is 5.10 Å². The second-order valence-corrected chi connectivity index (χ2v) is 7.46. The van der Waals surface area contributed by atoms with Crippen molar-refractivity contribution in [3.8, 4) is 5.75 Å². The molecule has 2 heterocycles. The van der Waals surface area contributed by atoms with Gasteiger partial charge >= 0.3 is 0 Å². The summed E-state index contributed by atoms with van der Waals surface area (Å²) in [4.78, 5) is 19.6. The summed E-state index contributed by atoms with van der Waals surface area (Å²) in [6, 6.07) is 14.6. The van der Waals surface area contributed by atoms with Gasteiger partial charge in [0.2, 0.25) is 0 Å². The van der Waals surface area contributed by atoms with E-state index in [2.05, 4.69) is 10.1 Å². The molecule has 4 aromatic rings. The highest BCUT2D eigenvalue weighted by molar-refractivity contribution is 7.22. The van der Waals surface area contributed by atoms with Gasteiger partial charge in [0.1, 0.15) is 11.3 Å². The van der Waals surface area contributed by atoms with Gasteiger partial charge in [0.05, 0.1) is 23.4 Å². The molecule has 6 nitrogen and oxygen atoms in total. The Kier molecular flexibility index (Phi) is 5.27. The molecule has 0 saturated carbocycles. The lowest BCUT2D eigenvalue weighted by molar-refractivity contribution is 0.0985. The molecule has 8 heteroatoms. The lowest BCUT2D eigenvalue weighted by Crippen LogP contribution is -2.34. The Balaban J connectivity index is 1.71. The van der Waals surface area contributed by atoms with Gasteiger partial charge in [0.15, 0.2) is 5.13 Å². The summed E-state index contributed by atoms with van der Waals surface area (Å²) in [7, 11) is 1.58. The van der Waals surface area contributed by atoms with Crippen LogP contribution in [0, 0.1) is 0 Å². The van der Waals surface area contributed by atoms with E-state index in [-0.39, 0.29) is 5.91 Å². The Bertz CT molecular complexity index is 1110. The first-order chi connectivity index (χ1) is 13.7. The van der Waals surface area contributed by atoms with Crippen molar-refractivity contribution in [2.75, 3.05) is 18.6 Å². The number of amides is 1. The van der Waals surface area contributed by atoms with Crippen LogP contribution in [0.1, 0.15) is 10.4 Å². The Morgan fingerprint density at radius 2 is 2.11 bits per heavy atom. The van der Waals surface area contributed by atoms with E-state index in [1.54, 1.807) is 47.2 Å². The van der Waals surface area contributed by atoms with E-state index in [1.165, 1.54) is 11.3 Å². The third-order valence-corrected chi connectivity index (χ3v) is 5.61. The molecule has 4 rings (SSSR count). The number of fused-ring (bicyclic) bond motifs is 1. The maximum atomic E-state index is 13.3. The molecular formula is C20H17ClN4O2S. The Morgan fingerprint density at radius 3 is 2.86 bits per heavy atom. The molecular weight excluding hydrogens is 396 g/mol. The number of para-hydroxylation sites is 1. The number of anilines is 1. The molecule has 0 radical (unpaired) electrons. The normalized spacial score (nSPS) is 10.9. The van der Waals surface area contributed by atoms with Crippen LogP contribution in [0.2, 0.25) is 5.02 Å². The molecule has 1 amide bonds. The molecule has 0 aliphatic carbocycles. The molecule has 28 heavy (non-hydrogen) atoms. The van der Waals surface area contributed by atoms with Crippen LogP contribution in [0.5, 0.6) is 5.75 Å². The van der Waals surface area contributed by atoms with Crippen LogP contribution in [0.4, 0.5) is 5.13 Å². The van der Waals surface area contributed by atoms with Crippen LogP contribution in [-0.2, 0) is 6.54 Å². The van der Waals surface area contributed by atoms with E-state index in [4.69, 9.17) is 16.3 Å². The third kappa shape index (κ3) is 3.72. The lowest BCUT2D eigenvalue weighted by Gasteiger charge is -2.20. The van der Waals surface area contributed by atoms with Gasteiger partial charge in [-0.3, -0.25) is 14.4 Å². The van der Waals surface area contributed by atoms with Crippen LogP contribution >= 0.6 is 22.9 Å². The van der Waals surface area contributed by atoms with Crippen LogP contribution < -0.4 is 9.64 Å². The molecule has 2 aromatic carbocycles. The maximum Gasteiger partial charge on any atom is 0.260 e. The number of methoxy groups -OCH3 is 1. The number of ether oxygens (including phenoxy) is 1. The summed E-state index contributed by atoms with van der Waals surface area (Å²) < 4.78 is 7.98. The fourth-order valence-electron chi connectivity index (χ4n) is 2.85. The average Bonchev–Trinajstić information content (AvgIpc) is 3.38. The lowest BCUT2D eigenvalue weighted by atomic mass is 10.2. The van der Waals surface area contributed by atoms with Crippen molar-refractivity contribution >= 4 is 44.2 Å². The largest absolute Gasteiger partial charge is 0.497 e. The molecule has 0 atom stereocenters. The van der Waals surface area contributed by atoms with Gasteiger partial charge in [-0.05, 0) is 36.4 Å². The summed E-state index contributed by atoms with van der Waals surface area (Å²) in [6.45, 7) is 0.974. The Labute approximate surface area is 170 Å². The predicted molar refractivity (Wildman–Crippen MR) is 112 cm³/mol. The molecule has 142 valence electrons. The van der Waals surface area contributed by atoms with Crippen LogP contribution in [0.25, 0.3) is 10.2 Å². The number of rotatable bonds is 6. The van der Waals surface area contributed by atoms with Crippen LogP contribution in [0.15, 0.2) is 60.9 Å². The van der Waals surface area contributed by atoms with Gasteiger partial charge in [0.25, 0.3) is 5.91 Å². The van der Waals surface area contributed by atoms with E-state index in [9.17, 15) is 4.79 Å². The molecule has 0 fully saturated rings.